The van der Waals surface area contributed by atoms with Crippen molar-refractivity contribution in [1.29, 1.82) is 0 Å². The fourth-order valence-corrected chi connectivity index (χ4v) is 3.08. The summed E-state index contributed by atoms with van der Waals surface area (Å²) in [5.41, 5.74) is 5.02. The van der Waals surface area contributed by atoms with Crippen LogP contribution in [-0.4, -0.2) is 24.7 Å². The van der Waals surface area contributed by atoms with Crippen LogP contribution in [0, 0.1) is 0 Å². The van der Waals surface area contributed by atoms with Crippen LogP contribution in [0.4, 0.5) is 0 Å². The van der Waals surface area contributed by atoms with E-state index >= 15 is 0 Å². The van der Waals surface area contributed by atoms with Crippen molar-refractivity contribution in [3.63, 3.8) is 0 Å². The van der Waals surface area contributed by atoms with E-state index in [4.69, 9.17) is 4.42 Å². The molecule has 5 aromatic rings. The number of aryl methyl sites for hydroxylation is 1. The Morgan fingerprint density at radius 1 is 1.15 bits per heavy atom. The van der Waals surface area contributed by atoms with Gasteiger partial charge in [0.1, 0.15) is 22.6 Å². The van der Waals surface area contributed by atoms with Crippen LogP contribution in [-0.2, 0) is 7.05 Å². The van der Waals surface area contributed by atoms with Crippen LogP contribution in [0.15, 0.2) is 64.4 Å². The van der Waals surface area contributed by atoms with Gasteiger partial charge in [-0.25, -0.2) is 9.97 Å². The number of hydrogen-bond donors (Lipinski definition) is 1. The van der Waals surface area contributed by atoms with Gasteiger partial charge in [0, 0.05) is 31.1 Å². The number of nitrogens with zero attached hydrogens (tertiary/aromatic N) is 4. The van der Waals surface area contributed by atoms with Crippen LogP contribution in [0.3, 0.4) is 0 Å². The summed E-state index contributed by atoms with van der Waals surface area (Å²) in [6.45, 7) is 0. The predicted octanol–water partition coefficient (Wildman–Crippen LogP) is 3.13. The largest absolute Gasteiger partial charge is 0.443 e. The summed E-state index contributed by atoms with van der Waals surface area (Å²) >= 11 is 0. The summed E-state index contributed by atoms with van der Waals surface area (Å²) in [6.07, 6.45) is 4.87. The number of rotatable bonds is 2. The Labute approximate surface area is 146 Å². The number of hydrogen-bond acceptors (Lipinski definition) is 5. The fourth-order valence-electron chi connectivity index (χ4n) is 3.08. The molecule has 1 aromatic carbocycles. The first-order valence-electron chi connectivity index (χ1n) is 8.05. The molecule has 0 amide bonds. The molecule has 0 saturated carbocycles. The lowest BCUT2D eigenvalue weighted by Crippen LogP contribution is -2.03. The minimum absolute atomic E-state index is 0.0826. The number of benzene rings is 1. The van der Waals surface area contributed by atoms with Gasteiger partial charge >= 0.3 is 0 Å². The second kappa shape index (κ2) is 5.38. The summed E-state index contributed by atoms with van der Waals surface area (Å²) in [5, 5.41) is 5.00. The maximum absolute atomic E-state index is 12.3. The molecule has 5 rings (SSSR count). The summed E-state index contributed by atoms with van der Waals surface area (Å²) < 4.78 is 7.14. The van der Waals surface area contributed by atoms with Gasteiger partial charge in [0.2, 0.25) is 0 Å². The molecule has 4 aromatic heterocycles. The molecular weight excluding hydrogens is 330 g/mol. The van der Waals surface area contributed by atoms with Crippen molar-refractivity contribution >= 4 is 22.1 Å². The maximum Gasteiger partial charge on any atom is 0.191 e. The highest BCUT2D eigenvalue weighted by molar-refractivity contribution is 5.91. The summed E-state index contributed by atoms with van der Waals surface area (Å²) in [7, 11) is 1.85. The van der Waals surface area contributed by atoms with E-state index in [9.17, 15) is 4.79 Å². The lowest BCUT2D eigenvalue weighted by atomic mass is 10.0. The van der Waals surface area contributed by atoms with Crippen molar-refractivity contribution in [1.82, 2.24) is 24.7 Å². The van der Waals surface area contributed by atoms with E-state index in [1.807, 2.05) is 43.6 Å². The van der Waals surface area contributed by atoms with E-state index < -0.39 is 0 Å². The molecule has 0 unspecified atom stereocenters. The average molecular weight is 343 g/mol. The number of aromatic nitrogens is 5. The fraction of sp³-hybridized carbons (Fsp3) is 0.0526. The molecule has 0 aliphatic rings. The standard InChI is InChI=1S/C19H13N5O2/c1-24-7-5-15(23-24)18-12(9-13-16(25)4-6-20-19(13)22-18)11-2-3-14-17(8-11)26-10-21-14/h2-10H,1H3,(H,20,22,25). The Balaban J connectivity index is 1.86. The third-order valence-corrected chi connectivity index (χ3v) is 4.34. The normalized spacial score (nSPS) is 11.4. The monoisotopic (exact) mass is 343 g/mol. The van der Waals surface area contributed by atoms with Crippen LogP contribution in [0.25, 0.3) is 44.6 Å². The molecule has 0 aliphatic heterocycles. The number of fused-ring (bicyclic) bond motifs is 2. The van der Waals surface area contributed by atoms with E-state index in [0.29, 0.717) is 22.3 Å². The molecule has 0 radical (unpaired) electrons. The number of aromatic amines is 1. The number of pyridine rings is 2. The van der Waals surface area contributed by atoms with E-state index in [2.05, 4.69) is 20.1 Å². The molecule has 7 heteroatoms. The maximum atomic E-state index is 12.3. The van der Waals surface area contributed by atoms with E-state index in [1.165, 1.54) is 12.5 Å². The molecule has 0 fully saturated rings. The molecule has 26 heavy (non-hydrogen) atoms. The van der Waals surface area contributed by atoms with Gasteiger partial charge in [-0.2, -0.15) is 5.10 Å². The van der Waals surface area contributed by atoms with Crippen molar-refractivity contribution in [2.24, 2.45) is 7.05 Å². The van der Waals surface area contributed by atoms with E-state index in [1.54, 1.807) is 10.9 Å². The second-order valence-electron chi connectivity index (χ2n) is 6.03. The zero-order valence-electron chi connectivity index (χ0n) is 13.8. The Kier molecular flexibility index (Phi) is 3.02. The van der Waals surface area contributed by atoms with Gasteiger partial charge in [0.25, 0.3) is 0 Å². The van der Waals surface area contributed by atoms with Gasteiger partial charge < -0.3 is 9.40 Å². The molecule has 0 saturated heterocycles. The number of oxazole rings is 1. The van der Waals surface area contributed by atoms with Crippen LogP contribution in [0.5, 0.6) is 0 Å². The molecule has 4 heterocycles. The van der Waals surface area contributed by atoms with Crippen molar-refractivity contribution in [3.05, 3.63) is 65.4 Å². The summed E-state index contributed by atoms with van der Waals surface area (Å²) in [6, 6.07) is 11.0. The van der Waals surface area contributed by atoms with Crippen LogP contribution >= 0.6 is 0 Å². The van der Waals surface area contributed by atoms with E-state index in [-0.39, 0.29) is 5.43 Å². The molecular formula is C19H13N5O2. The highest BCUT2D eigenvalue weighted by Crippen LogP contribution is 2.33. The number of H-pyrrole nitrogens is 1. The van der Waals surface area contributed by atoms with Gasteiger partial charge in [0.05, 0.1) is 5.39 Å². The van der Waals surface area contributed by atoms with Gasteiger partial charge in [-0.1, -0.05) is 6.07 Å². The lowest BCUT2D eigenvalue weighted by molar-refractivity contribution is 0.602. The third-order valence-electron chi connectivity index (χ3n) is 4.34. The predicted molar refractivity (Wildman–Crippen MR) is 97.6 cm³/mol. The smallest absolute Gasteiger partial charge is 0.191 e. The Bertz CT molecular complexity index is 1330. The molecule has 0 atom stereocenters. The van der Waals surface area contributed by atoms with Crippen molar-refractivity contribution in [2.75, 3.05) is 0 Å². The van der Waals surface area contributed by atoms with Crippen LogP contribution in [0.1, 0.15) is 0 Å². The minimum Gasteiger partial charge on any atom is -0.443 e. The summed E-state index contributed by atoms with van der Waals surface area (Å²) in [4.78, 5) is 24.2. The zero-order valence-corrected chi connectivity index (χ0v) is 13.8. The quantitative estimate of drug-likeness (QED) is 0.532. The minimum atomic E-state index is -0.0826. The van der Waals surface area contributed by atoms with Crippen molar-refractivity contribution in [2.45, 2.75) is 0 Å². The molecule has 1 N–H and O–H groups in total. The Hall–Kier alpha value is -3.74. The topological polar surface area (TPSA) is 89.6 Å². The Morgan fingerprint density at radius 2 is 2.08 bits per heavy atom. The van der Waals surface area contributed by atoms with Gasteiger partial charge in [0.15, 0.2) is 17.4 Å². The van der Waals surface area contributed by atoms with Gasteiger partial charge in [-0.05, 0) is 29.8 Å². The number of nitrogens with one attached hydrogen (secondary N) is 1. The van der Waals surface area contributed by atoms with Crippen molar-refractivity contribution in [3.8, 4) is 22.5 Å². The first-order chi connectivity index (χ1) is 12.7. The van der Waals surface area contributed by atoms with Gasteiger partial charge in [-0.15, -0.1) is 0 Å². The molecule has 0 bridgehead atoms. The van der Waals surface area contributed by atoms with Crippen molar-refractivity contribution < 1.29 is 4.42 Å². The van der Waals surface area contributed by atoms with Crippen LogP contribution in [0.2, 0.25) is 0 Å². The SMILES string of the molecule is Cn1ccc(-c2nc3[nH]ccc(=O)c3cc2-c2ccc3ncoc3c2)n1. The first-order valence-corrected chi connectivity index (χ1v) is 8.05. The summed E-state index contributed by atoms with van der Waals surface area (Å²) in [5.74, 6) is 0. The molecule has 0 spiro atoms. The third kappa shape index (κ3) is 2.21. The van der Waals surface area contributed by atoms with Gasteiger partial charge in [-0.3, -0.25) is 9.48 Å². The van der Waals surface area contributed by atoms with E-state index in [0.717, 1.165) is 22.3 Å². The second-order valence-corrected chi connectivity index (χ2v) is 6.03. The van der Waals surface area contributed by atoms with Crippen LogP contribution < -0.4 is 5.43 Å². The Morgan fingerprint density at radius 3 is 2.92 bits per heavy atom. The highest BCUT2D eigenvalue weighted by atomic mass is 16.3. The zero-order chi connectivity index (χ0) is 17.7. The first kappa shape index (κ1) is 14.6. The molecule has 126 valence electrons. The average Bonchev–Trinajstić information content (AvgIpc) is 3.29. The highest BCUT2D eigenvalue weighted by Gasteiger charge is 2.16. The molecule has 0 aliphatic carbocycles. The molecule has 7 nitrogen and oxygen atoms in total. The lowest BCUT2D eigenvalue weighted by Gasteiger charge is -2.09.